The van der Waals surface area contributed by atoms with Crippen LogP contribution in [-0.4, -0.2) is 66.6 Å². The van der Waals surface area contributed by atoms with Crippen molar-refractivity contribution in [1.82, 2.24) is 4.90 Å². The second kappa shape index (κ2) is 15.7. The first kappa shape index (κ1) is 23.1. The van der Waals surface area contributed by atoms with Gasteiger partial charge in [0.25, 0.3) is 0 Å². The summed E-state index contributed by atoms with van der Waals surface area (Å²) in [6, 6.07) is 0. The van der Waals surface area contributed by atoms with Gasteiger partial charge in [0.1, 0.15) is 5.57 Å². The van der Waals surface area contributed by atoms with Crippen LogP contribution in [0.25, 0.3) is 0 Å². The summed E-state index contributed by atoms with van der Waals surface area (Å²) in [5.74, 6) is -1.43. The Kier molecular flexibility index (Phi) is 14.5. The minimum absolute atomic E-state index is 0.0704. The number of carbonyl (C=O) groups excluding carboxylic acids is 2. The number of hydrogen-bond donors (Lipinski definition) is 2. The zero-order valence-electron chi connectivity index (χ0n) is 15.3. The van der Waals surface area contributed by atoms with E-state index in [2.05, 4.69) is 0 Å². The van der Waals surface area contributed by atoms with Crippen molar-refractivity contribution in [2.75, 3.05) is 39.5 Å². The number of rotatable bonds is 14. The lowest BCUT2D eigenvalue weighted by Crippen LogP contribution is -2.24. The Balaban J connectivity index is 4.99. The van der Waals surface area contributed by atoms with Crippen LogP contribution >= 0.6 is 0 Å². The molecule has 0 bridgehead atoms. The lowest BCUT2D eigenvalue weighted by molar-refractivity contribution is -0.147. The van der Waals surface area contributed by atoms with Crippen LogP contribution in [0.5, 0.6) is 0 Å². The van der Waals surface area contributed by atoms with Gasteiger partial charge in [0, 0.05) is 13.1 Å². The lowest BCUT2D eigenvalue weighted by atomic mass is 10.2. The Hall–Kier alpha value is -1.86. The molecular formula is C18H31NO6. The maximum atomic E-state index is 12.1. The van der Waals surface area contributed by atoms with Gasteiger partial charge in [-0.15, -0.1) is 0 Å². The van der Waals surface area contributed by atoms with Gasteiger partial charge in [0.05, 0.1) is 26.4 Å². The Morgan fingerprint density at radius 1 is 0.920 bits per heavy atom. The molecule has 2 N–H and O–H groups in total. The van der Waals surface area contributed by atoms with Crippen molar-refractivity contribution < 1.29 is 29.3 Å². The smallest absolute Gasteiger partial charge is 0.345 e. The van der Waals surface area contributed by atoms with Crippen molar-refractivity contribution >= 4 is 11.9 Å². The van der Waals surface area contributed by atoms with E-state index in [-0.39, 0.29) is 32.0 Å². The first-order valence-corrected chi connectivity index (χ1v) is 8.79. The summed E-state index contributed by atoms with van der Waals surface area (Å²) in [5.41, 5.74) is -0.170. The molecule has 0 saturated carbocycles. The molecule has 0 unspecified atom stereocenters. The molecule has 0 radical (unpaired) electrons. The summed E-state index contributed by atoms with van der Waals surface area (Å²) >= 11 is 0. The standard InChI is InChI=1S/C18H31NO6/c1-3-5-14-24-17(22)16(18(23)25-15-6-4-2)8-7-9-19(10-12-20)11-13-21/h7-9,20-21H,3-6,10-15H2,1-2H3/b9-7+. The second-order valence-electron chi connectivity index (χ2n) is 5.38. The van der Waals surface area contributed by atoms with Crippen molar-refractivity contribution in [3.8, 4) is 0 Å². The maximum absolute atomic E-state index is 12.1. The number of nitrogens with zero attached hydrogens (tertiary/aromatic N) is 1. The molecule has 0 aliphatic rings. The Morgan fingerprint density at radius 3 is 1.80 bits per heavy atom. The number of aliphatic hydroxyl groups excluding tert-OH is 2. The van der Waals surface area contributed by atoms with E-state index in [1.54, 1.807) is 11.1 Å². The maximum Gasteiger partial charge on any atom is 0.345 e. The van der Waals surface area contributed by atoms with Crippen LogP contribution in [0.4, 0.5) is 0 Å². The van der Waals surface area contributed by atoms with Crippen molar-refractivity contribution in [3.05, 3.63) is 23.9 Å². The third-order valence-electron chi connectivity index (χ3n) is 3.24. The fourth-order valence-electron chi connectivity index (χ4n) is 1.77. The van der Waals surface area contributed by atoms with Crippen molar-refractivity contribution in [3.63, 3.8) is 0 Å². The molecule has 7 nitrogen and oxygen atoms in total. The fraction of sp³-hybridized carbons (Fsp3) is 0.667. The van der Waals surface area contributed by atoms with Gasteiger partial charge >= 0.3 is 11.9 Å². The lowest BCUT2D eigenvalue weighted by Gasteiger charge is -2.17. The highest BCUT2D eigenvalue weighted by Crippen LogP contribution is 2.05. The molecule has 0 aliphatic carbocycles. The Morgan fingerprint density at radius 2 is 1.40 bits per heavy atom. The van der Waals surface area contributed by atoms with E-state index in [1.807, 2.05) is 13.8 Å². The predicted octanol–water partition coefficient (Wildman–Crippen LogP) is 1.40. The highest BCUT2D eigenvalue weighted by Gasteiger charge is 2.20. The Bertz CT molecular complexity index is 403. The SMILES string of the molecule is CCCCOC(=O)C(=C/C=C/N(CCO)CCO)C(=O)OCCCC. The molecule has 0 amide bonds. The van der Waals surface area contributed by atoms with E-state index in [9.17, 15) is 9.59 Å². The number of aliphatic hydroxyl groups is 2. The number of allylic oxidation sites excluding steroid dienone is 2. The highest BCUT2D eigenvalue weighted by atomic mass is 16.6. The second-order valence-corrected chi connectivity index (χ2v) is 5.38. The average Bonchev–Trinajstić information content (AvgIpc) is 2.59. The molecule has 0 aromatic rings. The first-order chi connectivity index (χ1) is 12.1. The molecule has 0 spiro atoms. The number of hydrogen-bond acceptors (Lipinski definition) is 7. The first-order valence-electron chi connectivity index (χ1n) is 8.79. The average molecular weight is 357 g/mol. The molecular weight excluding hydrogens is 326 g/mol. The zero-order chi connectivity index (χ0) is 18.9. The van der Waals surface area contributed by atoms with Crippen LogP contribution in [-0.2, 0) is 19.1 Å². The summed E-state index contributed by atoms with van der Waals surface area (Å²) in [6.45, 7) is 4.98. The predicted molar refractivity (Wildman–Crippen MR) is 94.7 cm³/mol. The van der Waals surface area contributed by atoms with Gasteiger partial charge in [-0.3, -0.25) is 0 Å². The van der Waals surface area contributed by atoms with Gasteiger partial charge in [0.15, 0.2) is 0 Å². The third-order valence-corrected chi connectivity index (χ3v) is 3.24. The molecule has 0 aromatic carbocycles. The van der Waals surface area contributed by atoms with E-state index in [1.165, 1.54) is 12.2 Å². The van der Waals surface area contributed by atoms with Crippen molar-refractivity contribution in [2.24, 2.45) is 0 Å². The van der Waals surface area contributed by atoms with E-state index < -0.39 is 11.9 Å². The molecule has 0 aliphatic heterocycles. The van der Waals surface area contributed by atoms with Crippen LogP contribution in [0.2, 0.25) is 0 Å². The normalized spacial score (nSPS) is 10.6. The van der Waals surface area contributed by atoms with Crippen LogP contribution in [0.3, 0.4) is 0 Å². The van der Waals surface area contributed by atoms with Crippen molar-refractivity contribution in [1.29, 1.82) is 0 Å². The summed E-state index contributed by atoms with van der Waals surface area (Å²) in [5, 5.41) is 17.9. The summed E-state index contributed by atoms with van der Waals surface area (Å²) in [4.78, 5) is 25.9. The number of carbonyl (C=O) groups is 2. The number of unbranched alkanes of at least 4 members (excludes halogenated alkanes) is 2. The minimum Gasteiger partial charge on any atom is -0.462 e. The number of esters is 2. The van der Waals surface area contributed by atoms with Gasteiger partial charge in [-0.05, 0) is 31.2 Å². The zero-order valence-corrected chi connectivity index (χ0v) is 15.3. The fourth-order valence-corrected chi connectivity index (χ4v) is 1.77. The van der Waals surface area contributed by atoms with Crippen LogP contribution in [0.15, 0.2) is 23.9 Å². The van der Waals surface area contributed by atoms with Gasteiger partial charge in [-0.2, -0.15) is 0 Å². The van der Waals surface area contributed by atoms with Gasteiger partial charge in [0.2, 0.25) is 0 Å². The molecule has 0 atom stereocenters. The van der Waals surface area contributed by atoms with Crippen LogP contribution < -0.4 is 0 Å². The molecule has 0 heterocycles. The van der Waals surface area contributed by atoms with E-state index >= 15 is 0 Å². The molecule has 0 aromatic heterocycles. The molecule has 0 fully saturated rings. The van der Waals surface area contributed by atoms with Gasteiger partial charge in [-0.25, -0.2) is 9.59 Å². The topological polar surface area (TPSA) is 96.3 Å². The largest absolute Gasteiger partial charge is 0.462 e. The highest BCUT2D eigenvalue weighted by molar-refractivity contribution is 6.14. The molecule has 144 valence electrons. The van der Waals surface area contributed by atoms with E-state index in [0.717, 1.165) is 25.7 Å². The van der Waals surface area contributed by atoms with Crippen molar-refractivity contribution in [2.45, 2.75) is 39.5 Å². The van der Waals surface area contributed by atoms with E-state index in [0.29, 0.717) is 13.1 Å². The molecule has 0 rings (SSSR count). The van der Waals surface area contributed by atoms with Gasteiger partial charge in [-0.1, -0.05) is 26.7 Å². The quantitative estimate of drug-likeness (QED) is 0.121. The molecule has 0 saturated heterocycles. The minimum atomic E-state index is -0.713. The number of ether oxygens (including phenoxy) is 2. The summed E-state index contributed by atoms with van der Waals surface area (Å²) in [7, 11) is 0. The molecule has 7 heteroatoms. The molecule has 25 heavy (non-hydrogen) atoms. The van der Waals surface area contributed by atoms with E-state index in [4.69, 9.17) is 19.7 Å². The van der Waals surface area contributed by atoms with Gasteiger partial charge < -0.3 is 24.6 Å². The summed E-state index contributed by atoms with van der Waals surface area (Å²) in [6.07, 6.45) is 7.63. The third kappa shape index (κ3) is 11.3. The van der Waals surface area contributed by atoms with Crippen LogP contribution in [0, 0.1) is 0 Å². The summed E-state index contributed by atoms with van der Waals surface area (Å²) < 4.78 is 10.2. The van der Waals surface area contributed by atoms with Crippen LogP contribution in [0.1, 0.15) is 39.5 Å². The Labute approximate surface area is 149 Å². The monoisotopic (exact) mass is 357 g/mol.